The van der Waals surface area contributed by atoms with Gasteiger partial charge in [0.05, 0.1) is 23.6 Å². The number of hydrogen-bond donors (Lipinski definition) is 2. The smallest absolute Gasteiger partial charge is 0.238 e. The zero-order valence-corrected chi connectivity index (χ0v) is 14.1. The largest absolute Gasteiger partial charge is 0.340 e. The predicted molar refractivity (Wildman–Crippen MR) is 87.0 cm³/mol. The number of hydrogen-bond acceptors (Lipinski definition) is 4. The van der Waals surface area contributed by atoms with Crippen molar-refractivity contribution in [1.82, 2.24) is 20.0 Å². The van der Waals surface area contributed by atoms with Crippen LogP contribution in [0.15, 0.2) is 0 Å². The quantitative estimate of drug-likeness (QED) is 0.859. The molecule has 2 fully saturated rings. The lowest BCUT2D eigenvalue weighted by atomic mass is 10.2. The molecular weight excluding hydrogens is 294 g/mol. The number of carbonyl (C=O) groups excluding carboxylic acids is 2. The topological polar surface area (TPSA) is 81.3 Å². The van der Waals surface area contributed by atoms with Crippen molar-refractivity contribution < 1.29 is 9.59 Å². The highest BCUT2D eigenvalue weighted by Gasteiger charge is 2.41. The maximum atomic E-state index is 12.2. The van der Waals surface area contributed by atoms with E-state index in [-0.39, 0.29) is 11.8 Å². The van der Waals surface area contributed by atoms with Crippen molar-refractivity contribution in [3.05, 3.63) is 11.4 Å². The molecule has 0 radical (unpaired) electrons. The van der Waals surface area contributed by atoms with Gasteiger partial charge in [-0.3, -0.25) is 19.6 Å². The van der Waals surface area contributed by atoms with Crippen molar-refractivity contribution in [2.45, 2.75) is 27.2 Å². The van der Waals surface area contributed by atoms with Crippen molar-refractivity contribution in [3.8, 4) is 0 Å². The molecule has 2 amide bonds. The van der Waals surface area contributed by atoms with Gasteiger partial charge < -0.3 is 10.2 Å². The Labute approximate surface area is 136 Å². The molecule has 7 nitrogen and oxygen atoms in total. The van der Waals surface area contributed by atoms with Gasteiger partial charge in [0, 0.05) is 32.1 Å². The summed E-state index contributed by atoms with van der Waals surface area (Å²) in [5, 5.41) is 9.86. The normalized spacial score (nSPS) is 24.6. The molecule has 3 rings (SSSR count). The molecule has 0 unspecified atom stereocenters. The molecule has 1 aromatic rings. The van der Waals surface area contributed by atoms with E-state index in [1.807, 2.05) is 18.7 Å². The number of aromatic amines is 1. The maximum Gasteiger partial charge on any atom is 0.238 e. The zero-order chi connectivity index (χ0) is 16.6. The monoisotopic (exact) mass is 319 g/mol. The fourth-order valence-electron chi connectivity index (χ4n) is 3.14. The number of nitrogens with one attached hydrogen (secondary N) is 2. The third kappa shape index (κ3) is 3.55. The molecule has 126 valence electrons. The molecule has 1 aliphatic heterocycles. The van der Waals surface area contributed by atoms with E-state index >= 15 is 0 Å². The summed E-state index contributed by atoms with van der Waals surface area (Å²) in [6, 6.07) is 0. The van der Waals surface area contributed by atoms with Crippen molar-refractivity contribution in [3.63, 3.8) is 0 Å². The maximum absolute atomic E-state index is 12.2. The number of H-pyrrole nitrogens is 1. The van der Waals surface area contributed by atoms with Crippen LogP contribution in [-0.4, -0.2) is 64.5 Å². The molecule has 1 aromatic heterocycles. The Kier molecular flexibility index (Phi) is 4.39. The molecule has 2 N–H and O–H groups in total. The van der Waals surface area contributed by atoms with Gasteiger partial charge >= 0.3 is 0 Å². The first-order chi connectivity index (χ1) is 11.0. The molecule has 0 aromatic carbocycles. The Bertz CT molecular complexity index is 584. The van der Waals surface area contributed by atoms with Gasteiger partial charge in [-0.15, -0.1) is 0 Å². The van der Waals surface area contributed by atoms with Crippen LogP contribution in [0.1, 0.15) is 24.7 Å². The number of amides is 2. The van der Waals surface area contributed by atoms with Crippen LogP contribution in [0.25, 0.3) is 0 Å². The number of aromatic nitrogens is 2. The van der Waals surface area contributed by atoms with E-state index in [1.165, 1.54) is 0 Å². The van der Waals surface area contributed by atoms with Gasteiger partial charge in [-0.25, -0.2) is 0 Å². The first-order valence-electron chi connectivity index (χ1n) is 8.28. The van der Waals surface area contributed by atoms with Crippen LogP contribution in [0, 0.1) is 25.7 Å². The molecule has 1 saturated carbocycles. The van der Waals surface area contributed by atoms with Crippen LogP contribution in [0.4, 0.5) is 5.69 Å². The summed E-state index contributed by atoms with van der Waals surface area (Å²) >= 11 is 0. The van der Waals surface area contributed by atoms with E-state index in [0.29, 0.717) is 18.4 Å². The first kappa shape index (κ1) is 16.0. The summed E-state index contributed by atoms with van der Waals surface area (Å²) < 4.78 is 0. The Morgan fingerprint density at radius 2 is 1.91 bits per heavy atom. The molecule has 1 aliphatic carbocycles. The lowest BCUT2D eigenvalue weighted by molar-refractivity contribution is -0.134. The molecule has 1 saturated heterocycles. The van der Waals surface area contributed by atoms with Gasteiger partial charge in [-0.1, -0.05) is 6.92 Å². The Balaban J connectivity index is 1.45. The number of anilines is 1. The highest BCUT2D eigenvalue weighted by Crippen LogP contribution is 2.39. The molecule has 2 atom stereocenters. The molecule has 2 aliphatic rings. The van der Waals surface area contributed by atoms with E-state index in [2.05, 4.69) is 27.3 Å². The van der Waals surface area contributed by atoms with Gasteiger partial charge in [0.2, 0.25) is 11.8 Å². The summed E-state index contributed by atoms with van der Waals surface area (Å²) in [7, 11) is 0. The highest BCUT2D eigenvalue weighted by molar-refractivity contribution is 5.93. The van der Waals surface area contributed by atoms with E-state index < -0.39 is 0 Å². The van der Waals surface area contributed by atoms with Crippen molar-refractivity contribution >= 4 is 17.5 Å². The molecule has 7 heteroatoms. The summed E-state index contributed by atoms with van der Waals surface area (Å²) in [6.45, 7) is 9.18. The number of aryl methyl sites for hydroxylation is 2. The third-order valence-electron chi connectivity index (χ3n) is 4.87. The standard InChI is InChI=1S/C16H25N5O2/c1-10-8-13(10)16(23)21-6-4-20(5-7-21)9-14(22)17-15-11(2)18-19-12(15)3/h10,13H,4-9H2,1-3H3,(H,17,22)(H,18,19)/t10-,13+/m0/s1. The average molecular weight is 319 g/mol. The van der Waals surface area contributed by atoms with Gasteiger partial charge in [0.15, 0.2) is 0 Å². The fourth-order valence-corrected chi connectivity index (χ4v) is 3.14. The second-order valence-electron chi connectivity index (χ2n) is 6.78. The van der Waals surface area contributed by atoms with Gasteiger partial charge in [0.1, 0.15) is 0 Å². The summed E-state index contributed by atoms with van der Waals surface area (Å²) in [4.78, 5) is 28.4. The van der Waals surface area contributed by atoms with Crippen molar-refractivity contribution in [1.29, 1.82) is 0 Å². The Hall–Kier alpha value is -1.89. The summed E-state index contributed by atoms with van der Waals surface area (Å²) in [5.41, 5.74) is 2.43. The lowest BCUT2D eigenvalue weighted by Gasteiger charge is -2.34. The number of rotatable bonds is 4. The SMILES string of the molecule is Cc1n[nH]c(C)c1NC(=O)CN1CCN(C(=O)[C@@H]2C[C@@H]2C)CC1. The Morgan fingerprint density at radius 3 is 2.43 bits per heavy atom. The van der Waals surface area contributed by atoms with Gasteiger partial charge in [0.25, 0.3) is 0 Å². The summed E-state index contributed by atoms with van der Waals surface area (Å²) in [5.74, 6) is 1.06. The molecule has 23 heavy (non-hydrogen) atoms. The third-order valence-corrected chi connectivity index (χ3v) is 4.87. The molecule has 2 heterocycles. The number of piperazine rings is 1. The number of nitrogens with zero attached hydrogens (tertiary/aromatic N) is 3. The summed E-state index contributed by atoms with van der Waals surface area (Å²) in [6.07, 6.45) is 1.03. The van der Waals surface area contributed by atoms with Crippen molar-refractivity contribution in [2.24, 2.45) is 11.8 Å². The van der Waals surface area contributed by atoms with Crippen molar-refractivity contribution in [2.75, 3.05) is 38.0 Å². The highest BCUT2D eigenvalue weighted by atomic mass is 16.2. The zero-order valence-electron chi connectivity index (χ0n) is 14.1. The van der Waals surface area contributed by atoms with E-state index in [1.54, 1.807) is 0 Å². The average Bonchev–Trinajstić information content (AvgIpc) is 3.18. The van der Waals surface area contributed by atoms with Crippen LogP contribution < -0.4 is 5.32 Å². The first-order valence-corrected chi connectivity index (χ1v) is 8.28. The van der Waals surface area contributed by atoms with Crippen LogP contribution in [0.5, 0.6) is 0 Å². The predicted octanol–water partition coefficient (Wildman–Crippen LogP) is 0.765. The minimum atomic E-state index is -0.0341. The molecule has 0 bridgehead atoms. The van der Waals surface area contributed by atoms with E-state index in [0.717, 1.165) is 49.7 Å². The van der Waals surface area contributed by atoms with E-state index in [9.17, 15) is 9.59 Å². The minimum Gasteiger partial charge on any atom is -0.340 e. The molecular formula is C16H25N5O2. The van der Waals surface area contributed by atoms with E-state index in [4.69, 9.17) is 0 Å². The minimum absolute atomic E-state index is 0.0341. The van der Waals surface area contributed by atoms with Crippen LogP contribution >= 0.6 is 0 Å². The molecule has 0 spiro atoms. The van der Waals surface area contributed by atoms with Crippen LogP contribution in [-0.2, 0) is 9.59 Å². The second kappa shape index (κ2) is 6.31. The van der Waals surface area contributed by atoms with Crippen LogP contribution in [0.2, 0.25) is 0 Å². The second-order valence-corrected chi connectivity index (χ2v) is 6.78. The van der Waals surface area contributed by atoms with Crippen LogP contribution in [0.3, 0.4) is 0 Å². The fraction of sp³-hybridized carbons (Fsp3) is 0.688. The van der Waals surface area contributed by atoms with Gasteiger partial charge in [-0.2, -0.15) is 5.10 Å². The Morgan fingerprint density at radius 1 is 1.26 bits per heavy atom. The lowest BCUT2D eigenvalue weighted by Crippen LogP contribution is -2.51. The number of carbonyl (C=O) groups is 2. The van der Waals surface area contributed by atoms with Gasteiger partial charge in [-0.05, 0) is 26.2 Å².